The summed E-state index contributed by atoms with van der Waals surface area (Å²) in [7, 11) is 0. The van der Waals surface area contributed by atoms with E-state index in [-0.39, 0.29) is 17.3 Å². The Kier molecular flexibility index (Phi) is 5.52. The van der Waals surface area contributed by atoms with Crippen LogP contribution < -0.4 is 15.0 Å². The topological polar surface area (TPSA) is 58.6 Å². The Bertz CT molecular complexity index is 1290. The quantitative estimate of drug-likeness (QED) is 0.297. The molecule has 0 aliphatic carbocycles. The normalized spacial score (nSPS) is 15.2. The van der Waals surface area contributed by atoms with Crippen molar-refractivity contribution in [1.29, 1.82) is 0 Å². The molecular formula is C25H18N2O3S. The molecule has 0 bridgehead atoms. The third kappa shape index (κ3) is 3.91. The third-order valence-corrected chi connectivity index (χ3v) is 5.21. The first-order valence-electron chi connectivity index (χ1n) is 9.55. The molecule has 1 N–H and O–H groups in total. The lowest BCUT2D eigenvalue weighted by Crippen LogP contribution is -2.54. The second-order valence-corrected chi connectivity index (χ2v) is 7.37. The number of carbonyl (C=O) groups is 2. The van der Waals surface area contributed by atoms with Gasteiger partial charge in [-0.2, -0.15) is 0 Å². The predicted octanol–water partition coefficient (Wildman–Crippen LogP) is 3.99. The zero-order valence-corrected chi connectivity index (χ0v) is 17.5. The number of anilines is 1. The Morgan fingerprint density at radius 2 is 1.84 bits per heavy atom. The number of hydrogen-bond acceptors (Lipinski definition) is 4. The second kappa shape index (κ2) is 8.42. The molecule has 0 atom stereocenters. The highest BCUT2D eigenvalue weighted by Crippen LogP contribution is 2.32. The molecule has 6 heteroatoms. The van der Waals surface area contributed by atoms with Crippen LogP contribution in [0.4, 0.5) is 5.69 Å². The highest BCUT2D eigenvalue weighted by atomic mass is 32.1. The average molecular weight is 426 g/mol. The Morgan fingerprint density at radius 1 is 1.10 bits per heavy atom. The van der Waals surface area contributed by atoms with Gasteiger partial charge in [0.25, 0.3) is 11.8 Å². The van der Waals surface area contributed by atoms with Crippen molar-refractivity contribution >= 4 is 51.7 Å². The molecule has 5 nitrogen and oxygen atoms in total. The van der Waals surface area contributed by atoms with Crippen LogP contribution in [0.5, 0.6) is 5.75 Å². The van der Waals surface area contributed by atoms with Gasteiger partial charge in [0, 0.05) is 5.56 Å². The molecule has 0 saturated carbocycles. The first-order chi connectivity index (χ1) is 15.0. The molecule has 4 rings (SSSR count). The summed E-state index contributed by atoms with van der Waals surface area (Å²) >= 11 is 5.27. The summed E-state index contributed by atoms with van der Waals surface area (Å²) in [6.45, 7) is 2.01. The monoisotopic (exact) mass is 426 g/mol. The lowest BCUT2D eigenvalue weighted by molar-refractivity contribution is -0.122. The van der Waals surface area contributed by atoms with Crippen molar-refractivity contribution in [2.45, 2.75) is 6.92 Å². The van der Waals surface area contributed by atoms with Gasteiger partial charge in [0.2, 0.25) is 0 Å². The fourth-order valence-electron chi connectivity index (χ4n) is 3.40. The van der Waals surface area contributed by atoms with E-state index in [0.29, 0.717) is 17.0 Å². The van der Waals surface area contributed by atoms with E-state index in [0.717, 1.165) is 16.3 Å². The summed E-state index contributed by atoms with van der Waals surface area (Å²) in [6.07, 6.45) is 6.88. The Hall–Kier alpha value is -3.95. The predicted molar refractivity (Wildman–Crippen MR) is 126 cm³/mol. The summed E-state index contributed by atoms with van der Waals surface area (Å²) in [5, 5.41) is 4.42. The molecule has 31 heavy (non-hydrogen) atoms. The van der Waals surface area contributed by atoms with E-state index in [2.05, 4.69) is 11.2 Å². The van der Waals surface area contributed by atoms with E-state index < -0.39 is 11.8 Å². The van der Waals surface area contributed by atoms with Gasteiger partial charge in [-0.05, 0) is 54.2 Å². The van der Waals surface area contributed by atoms with E-state index in [1.807, 2.05) is 49.4 Å². The molecule has 0 radical (unpaired) electrons. The Morgan fingerprint density at radius 3 is 2.58 bits per heavy atom. The summed E-state index contributed by atoms with van der Waals surface area (Å²) in [5.41, 5.74) is 2.18. The molecule has 3 aromatic rings. The first kappa shape index (κ1) is 20.3. The SMILES string of the molecule is C#CCOc1ccc2ccccc2c1/C=C1\C(=O)NC(=S)N(c2ccc(C)cc2)C1=O. The minimum atomic E-state index is -0.561. The number of nitrogens with one attached hydrogen (secondary N) is 1. The van der Waals surface area contributed by atoms with Gasteiger partial charge >= 0.3 is 0 Å². The van der Waals surface area contributed by atoms with Gasteiger partial charge in [0.05, 0.1) is 5.69 Å². The van der Waals surface area contributed by atoms with Crippen LogP contribution in [-0.4, -0.2) is 23.5 Å². The molecule has 152 valence electrons. The van der Waals surface area contributed by atoms with Gasteiger partial charge in [0.15, 0.2) is 5.11 Å². The number of thiocarbonyl (C=S) groups is 1. The van der Waals surface area contributed by atoms with Crippen LogP contribution in [0.1, 0.15) is 11.1 Å². The van der Waals surface area contributed by atoms with E-state index >= 15 is 0 Å². The number of amides is 2. The van der Waals surface area contributed by atoms with Crippen LogP contribution in [0, 0.1) is 19.3 Å². The van der Waals surface area contributed by atoms with Crippen molar-refractivity contribution in [3.05, 3.63) is 77.4 Å². The fourth-order valence-corrected chi connectivity index (χ4v) is 3.68. The molecule has 1 fully saturated rings. The molecule has 0 unspecified atom stereocenters. The number of fused-ring (bicyclic) bond motifs is 1. The largest absolute Gasteiger partial charge is 0.480 e. The van der Waals surface area contributed by atoms with Gasteiger partial charge in [-0.25, -0.2) is 0 Å². The number of benzene rings is 3. The number of rotatable bonds is 4. The number of terminal acetylenes is 1. The maximum absolute atomic E-state index is 13.3. The van der Waals surface area contributed by atoms with Gasteiger partial charge in [-0.1, -0.05) is 53.9 Å². The van der Waals surface area contributed by atoms with Crippen LogP contribution in [0.2, 0.25) is 0 Å². The maximum Gasteiger partial charge on any atom is 0.270 e. The highest BCUT2D eigenvalue weighted by molar-refractivity contribution is 7.80. The fraction of sp³-hybridized carbons (Fsp3) is 0.0800. The van der Waals surface area contributed by atoms with Crippen molar-refractivity contribution in [3.8, 4) is 18.1 Å². The maximum atomic E-state index is 13.3. The van der Waals surface area contributed by atoms with E-state index in [4.69, 9.17) is 23.4 Å². The summed E-state index contributed by atoms with van der Waals surface area (Å²) in [4.78, 5) is 27.4. The standard InChI is InChI=1S/C25H18N2O3S/c1-3-14-30-22-13-10-17-6-4-5-7-19(17)20(22)15-21-23(28)26-25(31)27(24(21)29)18-11-8-16(2)9-12-18/h1,4-13,15H,14H2,2H3,(H,26,28,31)/b21-15+. The van der Waals surface area contributed by atoms with E-state index in [9.17, 15) is 9.59 Å². The highest BCUT2D eigenvalue weighted by Gasteiger charge is 2.34. The number of carbonyl (C=O) groups excluding carboxylic acids is 2. The lowest BCUT2D eigenvalue weighted by Gasteiger charge is -2.29. The molecule has 1 aliphatic heterocycles. The van der Waals surface area contributed by atoms with E-state index in [1.165, 1.54) is 11.0 Å². The minimum absolute atomic E-state index is 0.0396. The molecule has 3 aromatic carbocycles. The third-order valence-electron chi connectivity index (χ3n) is 4.92. The Labute approximate surface area is 185 Å². The van der Waals surface area contributed by atoms with Gasteiger partial charge < -0.3 is 4.74 Å². The summed E-state index contributed by atoms with van der Waals surface area (Å²) in [6, 6.07) is 18.6. The van der Waals surface area contributed by atoms with Crippen molar-refractivity contribution in [3.63, 3.8) is 0 Å². The van der Waals surface area contributed by atoms with Crippen LogP contribution in [-0.2, 0) is 9.59 Å². The molecule has 1 heterocycles. The molecule has 2 amide bonds. The van der Waals surface area contributed by atoms with Crippen LogP contribution >= 0.6 is 12.2 Å². The smallest absolute Gasteiger partial charge is 0.270 e. The summed E-state index contributed by atoms with van der Waals surface area (Å²) < 4.78 is 5.69. The zero-order valence-electron chi connectivity index (χ0n) is 16.7. The zero-order chi connectivity index (χ0) is 22.0. The summed E-state index contributed by atoms with van der Waals surface area (Å²) in [5.74, 6) is 1.86. The number of hydrogen-bond donors (Lipinski definition) is 1. The van der Waals surface area contributed by atoms with E-state index in [1.54, 1.807) is 18.2 Å². The molecule has 0 spiro atoms. The van der Waals surface area contributed by atoms with Crippen LogP contribution in [0.25, 0.3) is 16.8 Å². The van der Waals surface area contributed by atoms with Crippen molar-refractivity contribution in [2.24, 2.45) is 0 Å². The van der Waals surface area contributed by atoms with Gasteiger partial charge in [-0.3, -0.25) is 19.8 Å². The minimum Gasteiger partial charge on any atom is -0.480 e. The molecule has 1 aliphatic rings. The van der Waals surface area contributed by atoms with Gasteiger partial charge in [0.1, 0.15) is 17.9 Å². The number of ether oxygens (including phenoxy) is 1. The van der Waals surface area contributed by atoms with Crippen LogP contribution in [0.15, 0.2) is 66.2 Å². The molecular weight excluding hydrogens is 408 g/mol. The molecule has 1 saturated heterocycles. The average Bonchev–Trinajstić information content (AvgIpc) is 2.76. The Balaban J connectivity index is 1.85. The molecule has 0 aromatic heterocycles. The van der Waals surface area contributed by atoms with Crippen LogP contribution in [0.3, 0.4) is 0 Å². The van der Waals surface area contributed by atoms with Gasteiger partial charge in [-0.15, -0.1) is 6.42 Å². The second-order valence-electron chi connectivity index (χ2n) is 6.98. The van der Waals surface area contributed by atoms with Crippen molar-refractivity contribution in [1.82, 2.24) is 5.32 Å². The van der Waals surface area contributed by atoms with Crippen molar-refractivity contribution < 1.29 is 14.3 Å². The lowest BCUT2D eigenvalue weighted by atomic mass is 9.99. The first-order valence-corrected chi connectivity index (χ1v) is 9.96. The number of nitrogens with zero attached hydrogens (tertiary/aromatic N) is 1. The number of aryl methyl sites for hydroxylation is 1. The van der Waals surface area contributed by atoms with Crippen molar-refractivity contribution in [2.75, 3.05) is 11.5 Å².